The fourth-order valence-corrected chi connectivity index (χ4v) is 2.45. The lowest BCUT2D eigenvalue weighted by Crippen LogP contribution is -2.38. The van der Waals surface area contributed by atoms with Crippen LogP contribution in [0.2, 0.25) is 0 Å². The van der Waals surface area contributed by atoms with Gasteiger partial charge in [-0.3, -0.25) is 14.5 Å². The molecule has 1 fully saturated rings. The Kier molecular flexibility index (Phi) is 4.13. The first-order valence-electron chi connectivity index (χ1n) is 6.42. The highest BCUT2D eigenvalue weighted by Crippen LogP contribution is 2.21. The molecule has 2 unspecified atom stereocenters. The molecule has 108 valence electrons. The number of likely N-dealkylation sites (tertiary alicyclic amines) is 1. The summed E-state index contributed by atoms with van der Waals surface area (Å²) in [6.07, 6.45) is 0.596. The van der Waals surface area contributed by atoms with Gasteiger partial charge in [0.25, 0.3) is 0 Å². The molecule has 0 aromatic heterocycles. The van der Waals surface area contributed by atoms with Gasteiger partial charge in [0.15, 0.2) is 5.78 Å². The molecular weight excluding hydrogens is 266 g/mol. The normalized spacial score (nSPS) is 20.9. The number of amides is 1. The molecule has 20 heavy (non-hydrogen) atoms. The van der Waals surface area contributed by atoms with E-state index in [0.29, 0.717) is 25.6 Å². The van der Waals surface area contributed by atoms with Gasteiger partial charge in [-0.25, -0.2) is 8.78 Å². The zero-order valence-electron chi connectivity index (χ0n) is 11.1. The molecule has 0 radical (unpaired) electrons. The molecule has 1 aromatic carbocycles. The molecule has 1 aliphatic rings. The van der Waals surface area contributed by atoms with E-state index >= 15 is 0 Å². The molecule has 0 bridgehead atoms. The van der Waals surface area contributed by atoms with Crippen LogP contribution < -0.4 is 5.73 Å². The molecule has 4 nitrogen and oxygen atoms in total. The fraction of sp³-hybridized carbons (Fsp3) is 0.429. The van der Waals surface area contributed by atoms with Crippen molar-refractivity contribution in [3.8, 4) is 0 Å². The van der Waals surface area contributed by atoms with Crippen molar-refractivity contribution < 1.29 is 18.4 Å². The van der Waals surface area contributed by atoms with E-state index in [2.05, 4.69) is 0 Å². The van der Waals surface area contributed by atoms with Crippen LogP contribution in [0.15, 0.2) is 18.2 Å². The number of nitrogens with zero attached hydrogens (tertiary/aromatic N) is 1. The second kappa shape index (κ2) is 5.66. The Bertz CT molecular complexity index is 548. The van der Waals surface area contributed by atoms with Gasteiger partial charge in [0.2, 0.25) is 5.91 Å². The van der Waals surface area contributed by atoms with Gasteiger partial charge in [0.1, 0.15) is 11.6 Å². The highest BCUT2D eigenvalue weighted by atomic mass is 19.1. The Morgan fingerprint density at radius 2 is 2.10 bits per heavy atom. The van der Waals surface area contributed by atoms with Crippen LogP contribution in [0.3, 0.4) is 0 Å². The number of carbonyl (C=O) groups is 2. The van der Waals surface area contributed by atoms with Gasteiger partial charge in [-0.2, -0.15) is 0 Å². The van der Waals surface area contributed by atoms with Gasteiger partial charge < -0.3 is 5.73 Å². The van der Waals surface area contributed by atoms with Crippen LogP contribution in [0.25, 0.3) is 0 Å². The molecule has 0 saturated carbocycles. The van der Waals surface area contributed by atoms with Gasteiger partial charge in [-0.15, -0.1) is 0 Å². The number of carbonyl (C=O) groups excluding carboxylic acids is 2. The lowest BCUT2D eigenvalue weighted by Gasteiger charge is -2.23. The fourth-order valence-electron chi connectivity index (χ4n) is 2.45. The second-order valence-electron chi connectivity index (χ2n) is 5.05. The highest BCUT2D eigenvalue weighted by molar-refractivity contribution is 6.00. The molecule has 2 atom stereocenters. The van der Waals surface area contributed by atoms with E-state index in [1.807, 2.05) is 0 Å². The number of primary amides is 1. The maximum absolute atomic E-state index is 13.6. The van der Waals surface area contributed by atoms with Crippen LogP contribution in [0.4, 0.5) is 8.78 Å². The summed E-state index contributed by atoms with van der Waals surface area (Å²) in [5.74, 6) is -2.68. The Balaban J connectivity index is 2.11. The van der Waals surface area contributed by atoms with Crippen molar-refractivity contribution in [2.45, 2.75) is 19.4 Å². The standard InChI is InChI=1S/C14H16F2N2O2/c1-8(18-5-4-9(7-18)14(17)20)13(19)11-3-2-10(15)6-12(11)16/h2-3,6,8-9H,4-5,7H2,1H3,(H2,17,20). The molecule has 1 amide bonds. The van der Waals surface area contributed by atoms with Crippen molar-refractivity contribution in [2.24, 2.45) is 11.7 Å². The number of rotatable bonds is 4. The van der Waals surface area contributed by atoms with E-state index in [4.69, 9.17) is 5.73 Å². The first-order valence-corrected chi connectivity index (χ1v) is 6.42. The van der Waals surface area contributed by atoms with E-state index in [-0.39, 0.29) is 17.4 Å². The van der Waals surface area contributed by atoms with Crippen molar-refractivity contribution in [1.29, 1.82) is 0 Å². The molecule has 0 aliphatic carbocycles. The second-order valence-corrected chi connectivity index (χ2v) is 5.05. The first kappa shape index (κ1) is 14.6. The van der Waals surface area contributed by atoms with Crippen molar-refractivity contribution >= 4 is 11.7 Å². The van der Waals surface area contributed by atoms with Crippen LogP contribution >= 0.6 is 0 Å². The molecular formula is C14H16F2N2O2. The molecule has 1 heterocycles. The minimum atomic E-state index is -0.868. The number of hydrogen-bond donors (Lipinski definition) is 1. The lowest BCUT2D eigenvalue weighted by molar-refractivity contribution is -0.121. The Hall–Kier alpha value is -1.82. The van der Waals surface area contributed by atoms with Crippen LogP contribution in [0.5, 0.6) is 0 Å². The summed E-state index contributed by atoms with van der Waals surface area (Å²) >= 11 is 0. The molecule has 1 aliphatic heterocycles. The lowest BCUT2D eigenvalue weighted by atomic mass is 10.0. The predicted octanol–water partition coefficient (Wildman–Crippen LogP) is 1.34. The summed E-state index contributed by atoms with van der Waals surface area (Å²) in [6, 6.07) is 2.32. The quantitative estimate of drug-likeness (QED) is 0.848. The maximum Gasteiger partial charge on any atom is 0.221 e. The smallest absolute Gasteiger partial charge is 0.221 e. The molecule has 2 N–H and O–H groups in total. The summed E-state index contributed by atoms with van der Waals surface area (Å²) in [7, 11) is 0. The Labute approximate surface area is 115 Å². The van der Waals surface area contributed by atoms with Crippen LogP contribution in [-0.4, -0.2) is 35.7 Å². The largest absolute Gasteiger partial charge is 0.369 e. The molecule has 1 saturated heterocycles. The summed E-state index contributed by atoms with van der Waals surface area (Å²) in [5, 5.41) is 0. The van der Waals surface area contributed by atoms with Crippen molar-refractivity contribution in [3.05, 3.63) is 35.4 Å². The first-order chi connectivity index (χ1) is 9.40. The average Bonchev–Trinajstić information content (AvgIpc) is 2.87. The van der Waals surface area contributed by atoms with Crippen molar-refractivity contribution in [2.75, 3.05) is 13.1 Å². The third-order valence-electron chi connectivity index (χ3n) is 3.75. The number of Topliss-reactive ketones (excluding diaryl/α,β-unsaturated/α-hetero) is 1. The van der Waals surface area contributed by atoms with Gasteiger partial charge in [-0.05, 0) is 32.0 Å². The number of ketones is 1. The van der Waals surface area contributed by atoms with Crippen LogP contribution in [0, 0.1) is 17.6 Å². The van der Waals surface area contributed by atoms with E-state index in [9.17, 15) is 18.4 Å². The Morgan fingerprint density at radius 3 is 2.65 bits per heavy atom. The summed E-state index contributed by atoms with van der Waals surface area (Å²) < 4.78 is 26.4. The topological polar surface area (TPSA) is 63.4 Å². The van der Waals surface area contributed by atoms with E-state index < -0.39 is 23.5 Å². The highest BCUT2D eigenvalue weighted by Gasteiger charge is 2.33. The molecule has 6 heteroatoms. The van der Waals surface area contributed by atoms with Gasteiger partial charge in [-0.1, -0.05) is 0 Å². The van der Waals surface area contributed by atoms with Gasteiger partial charge in [0, 0.05) is 12.6 Å². The van der Waals surface area contributed by atoms with Gasteiger partial charge >= 0.3 is 0 Å². The van der Waals surface area contributed by atoms with Crippen molar-refractivity contribution in [3.63, 3.8) is 0 Å². The average molecular weight is 282 g/mol. The number of halogens is 2. The minimum absolute atomic E-state index is 0.138. The SMILES string of the molecule is CC(C(=O)c1ccc(F)cc1F)N1CCC(C(N)=O)C1. The summed E-state index contributed by atoms with van der Waals surface area (Å²) in [5.41, 5.74) is 5.10. The zero-order chi connectivity index (χ0) is 14.9. The predicted molar refractivity (Wildman–Crippen MR) is 69.0 cm³/mol. The molecule has 0 spiro atoms. The van der Waals surface area contributed by atoms with Crippen LogP contribution in [0.1, 0.15) is 23.7 Å². The summed E-state index contributed by atoms with van der Waals surface area (Å²) in [6.45, 7) is 2.60. The third-order valence-corrected chi connectivity index (χ3v) is 3.75. The van der Waals surface area contributed by atoms with E-state index in [1.165, 1.54) is 0 Å². The minimum Gasteiger partial charge on any atom is -0.369 e. The zero-order valence-corrected chi connectivity index (χ0v) is 11.1. The number of nitrogens with two attached hydrogens (primary N) is 1. The molecule has 2 rings (SSSR count). The third kappa shape index (κ3) is 2.85. The number of hydrogen-bond acceptors (Lipinski definition) is 3. The van der Waals surface area contributed by atoms with Crippen LogP contribution in [-0.2, 0) is 4.79 Å². The van der Waals surface area contributed by atoms with Crippen molar-refractivity contribution in [1.82, 2.24) is 4.90 Å². The van der Waals surface area contributed by atoms with E-state index in [0.717, 1.165) is 12.1 Å². The Morgan fingerprint density at radius 1 is 1.40 bits per heavy atom. The monoisotopic (exact) mass is 282 g/mol. The van der Waals surface area contributed by atoms with Gasteiger partial charge in [0.05, 0.1) is 17.5 Å². The van der Waals surface area contributed by atoms with E-state index in [1.54, 1.807) is 11.8 Å². The molecule has 1 aromatic rings. The number of benzene rings is 1. The summed E-state index contributed by atoms with van der Waals surface area (Å²) in [4.78, 5) is 25.1. The maximum atomic E-state index is 13.6.